The number of thioether (sulfide) groups is 1. The molecule has 0 heterocycles. The SMILES string of the molecule is O=C(O)C(=O)CSC(CO)c1ccccc1. The van der Waals surface area contributed by atoms with Crippen LogP contribution in [0.3, 0.4) is 0 Å². The minimum atomic E-state index is -1.43. The lowest BCUT2D eigenvalue weighted by Gasteiger charge is -2.12. The number of hydrogen-bond donors (Lipinski definition) is 2. The van der Waals surface area contributed by atoms with Crippen LogP contribution in [0.4, 0.5) is 0 Å². The predicted octanol–water partition coefficient (Wildman–Crippen LogP) is 1.11. The van der Waals surface area contributed by atoms with E-state index in [0.717, 1.165) is 17.3 Å². The van der Waals surface area contributed by atoms with Crippen LogP contribution in [-0.2, 0) is 9.59 Å². The summed E-state index contributed by atoms with van der Waals surface area (Å²) in [5.41, 5.74) is 0.883. The summed E-state index contributed by atoms with van der Waals surface area (Å²) < 4.78 is 0. The lowest BCUT2D eigenvalue weighted by atomic mass is 10.2. The molecule has 0 aliphatic heterocycles. The standard InChI is InChI=1S/C11H12O4S/c12-6-10(8-4-2-1-3-5-8)16-7-9(13)11(14)15/h1-5,10,12H,6-7H2,(H,14,15). The second-order valence-corrected chi connectivity index (χ2v) is 4.31. The Morgan fingerprint density at radius 3 is 2.38 bits per heavy atom. The third-order valence-electron chi connectivity index (χ3n) is 1.99. The number of benzene rings is 1. The number of hydrogen-bond acceptors (Lipinski definition) is 4. The van der Waals surface area contributed by atoms with Crippen molar-refractivity contribution in [2.75, 3.05) is 12.4 Å². The lowest BCUT2D eigenvalue weighted by molar-refractivity contribution is -0.147. The number of Topliss-reactive ketones (excluding diaryl/α,β-unsaturated/α-hetero) is 1. The van der Waals surface area contributed by atoms with Crippen molar-refractivity contribution >= 4 is 23.5 Å². The van der Waals surface area contributed by atoms with Crippen LogP contribution in [-0.4, -0.2) is 34.3 Å². The van der Waals surface area contributed by atoms with Crippen LogP contribution in [0.2, 0.25) is 0 Å². The summed E-state index contributed by atoms with van der Waals surface area (Å²) in [4.78, 5) is 21.2. The topological polar surface area (TPSA) is 74.6 Å². The Balaban J connectivity index is 2.57. The molecule has 0 aliphatic rings. The van der Waals surface area contributed by atoms with E-state index in [1.54, 1.807) is 0 Å². The highest BCUT2D eigenvalue weighted by Gasteiger charge is 2.16. The monoisotopic (exact) mass is 240 g/mol. The molecule has 0 saturated carbocycles. The van der Waals surface area contributed by atoms with Gasteiger partial charge in [0.25, 0.3) is 0 Å². The zero-order valence-electron chi connectivity index (χ0n) is 8.50. The molecule has 1 aromatic carbocycles. The number of rotatable bonds is 6. The summed E-state index contributed by atoms with van der Waals surface area (Å²) in [6, 6.07) is 9.18. The number of aliphatic carboxylic acids is 1. The highest BCUT2D eigenvalue weighted by atomic mass is 32.2. The molecular weight excluding hydrogens is 228 g/mol. The fourth-order valence-electron chi connectivity index (χ4n) is 1.16. The summed E-state index contributed by atoms with van der Waals surface area (Å²) in [6.45, 7) is -0.123. The van der Waals surface area contributed by atoms with Gasteiger partial charge in [-0.15, -0.1) is 11.8 Å². The Labute approximate surface area is 97.3 Å². The van der Waals surface area contributed by atoms with Gasteiger partial charge in [-0.2, -0.15) is 0 Å². The quantitative estimate of drug-likeness (QED) is 0.728. The maximum atomic E-state index is 10.9. The molecule has 1 atom stereocenters. The van der Waals surface area contributed by atoms with E-state index in [1.165, 1.54) is 0 Å². The Hall–Kier alpha value is -1.33. The van der Waals surface area contributed by atoms with E-state index in [4.69, 9.17) is 10.2 Å². The van der Waals surface area contributed by atoms with Crippen LogP contribution in [0.1, 0.15) is 10.8 Å². The minimum absolute atomic E-state index is 0.123. The van der Waals surface area contributed by atoms with Crippen LogP contribution >= 0.6 is 11.8 Å². The van der Waals surface area contributed by atoms with Gasteiger partial charge in [0.2, 0.25) is 5.78 Å². The van der Waals surface area contributed by atoms with Crippen molar-refractivity contribution in [2.24, 2.45) is 0 Å². The van der Waals surface area contributed by atoms with E-state index >= 15 is 0 Å². The normalized spacial score (nSPS) is 12.1. The van der Waals surface area contributed by atoms with Crippen molar-refractivity contribution in [1.82, 2.24) is 0 Å². The smallest absolute Gasteiger partial charge is 0.373 e. The molecule has 0 amide bonds. The van der Waals surface area contributed by atoms with Crippen LogP contribution in [0.25, 0.3) is 0 Å². The number of carbonyl (C=O) groups excluding carboxylic acids is 1. The first-order chi connectivity index (χ1) is 7.65. The predicted molar refractivity (Wildman–Crippen MR) is 61.4 cm³/mol. The second-order valence-electron chi connectivity index (χ2n) is 3.12. The van der Waals surface area contributed by atoms with Crippen LogP contribution in [0, 0.1) is 0 Å². The number of ketones is 1. The molecule has 0 aromatic heterocycles. The molecule has 1 rings (SSSR count). The van der Waals surface area contributed by atoms with E-state index in [2.05, 4.69) is 0 Å². The zero-order chi connectivity index (χ0) is 12.0. The molecule has 0 spiro atoms. The van der Waals surface area contributed by atoms with E-state index in [9.17, 15) is 9.59 Å². The Bertz CT molecular complexity index is 364. The van der Waals surface area contributed by atoms with Gasteiger partial charge < -0.3 is 10.2 Å². The molecule has 86 valence electrons. The fourth-order valence-corrected chi connectivity index (χ4v) is 2.09. The minimum Gasteiger partial charge on any atom is -0.475 e. The molecule has 1 unspecified atom stereocenters. The van der Waals surface area contributed by atoms with Gasteiger partial charge in [0.05, 0.1) is 17.6 Å². The molecule has 0 saturated heterocycles. The van der Waals surface area contributed by atoms with E-state index < -0.39 is 11.8 Å². The molecule has 1 aromatic rings. The molecule has 5 heteroatoms. The number of carboxylic acid groups (broad SMARTS) is 1. The van der Waals surface area contributed by atoms with E-state index in [-0.39, 0.29) is 17.6 Å². The van der Waals surface area contributed by atoms with Gasteiger partial charge in [0.1, 0.15) is 0 Å². The third kappa shape index (κ3) is 3.67. The Morgan fingerprint density at radius 1 is 1.25 bits per heavy atom. The van der Waals surface area contributed by atoms with Gasteiger partial charge >= 0.3 is 5.97 Å². The van der Waals surface area contributed by atoms with E-state index in [1.807, 2.05) is 30.3 Å². The van der Waals surface area contributed by atoms with Crippen LogP contribution < -0.4 is 0 Å². The maximum absolute atomic E-state index is 10.9. The number of aliphatic hydroxyl groups excluding tert-OH is 1. The third-order valence-corrected chi connectivity index (χ3v) is 3.24. The lowest BCUT2D eigenvalue weighted by Crippen LogP contribution is -2.16. The fraction of sp³-hybridized carbons (Fsp3) is 0.273. The summed E-state index contributed by atoms with van der Waals surface area (Å²) in [5.74, 6) is -2.41. The van der Waals surface area contributed by atoms with Crippen LogP contribution in [0.15, 0.2) is 30.3 Å². The average Bonchev–Trinajstić information content (AvgIpc) is 2.30. The highest BCUT2D eigenvalue weighted by Crippen LogP contribution is 2.27. The molecule has 0 fully saturated rings. The molecule has 0 radical (unpaired) electrons. The number of carbonyl (C=O) groups is 2. The molecular formula is C11H12O4S. The number of carboxylic acids is 1. The average molecular weight is 240 g/mol. The van der Waals surface area contributed by atoms with Gasteiger partial charge in [-0.25, -0.2) is 4.79 Å². The summed E-state index contributed by atoms with van der Waals surface area (Å²) in [7, 11) is 0. The van der Waals surface area contributed by atoms with Crippen molar-refractivity contribution in [2.45, 2.75) is 5.25 Å². The zero-order valence-corrected chi connectivity index (χ0v) is 9.31. The summed E-state index contributed by atoms with van der Waals surface area (Å²) in [6.07, 6.45) is 0. The first-order valence-electron chi connectivity index (χ1n) is 4.68. The molecule has 4 nitrogen and oxygen atoms in total. The highest BCUT2D eigenvalue weighted by molar-refractivity contribution is 8.00. The van der Waals surface area contributed by atoms with Crippen molar-refractivity contribution < 1.29 is 19.8 Å². The summed E-state index contributed by atoms with van der Waals surface area (Å²) in [5, 5.41) is 17.3. The van der Waals surface area contributed by atoms with Gasteiger partial charge in [0.15, 0.2) is 0 Å². The summed E-state index contributed by atoms with van der Waals surface area (Å²) >= 11 is 1.13. The van der Waals surface area contributed by atoms with E-state index in [0.29, 0.717) is 0 Å². The first kappa shape index (κ1) is 12.7. The van der Waals surface area contributed by atoms with Crippen LogP contribution in [0.5, 0.6) is 0 Å². The number of aliphatic hydroxyl groups is 1. The second kappa shape index (κ2) is 6.30. The van der Waals surface area contributed by atoms with Crippen molar-refractivity contribution in [3.8, 4) is 0 Å². The largest absolute Gasteiger partial charge is 0.475 e. The Kier molecular flexibility index (Phi) is 5.01. The van der Waals surface area contributed by atoms with Gasteiger partial charge in [-0.3, -0.25) is 4.79 Å². The molecule has 0 aliphatic carbocycles. The van der Waals surface area contributed by atoms with Crippen molar-refractivity contribution in [1.29, 1.82) is 0 Å². The van der Waals surface area contributed by atoms with Gasteiger partial charge in [-0.05, 0) is 5.56 Å². The molecule has 16 heavy (non-hydrogen) atoms. The van der Waals surface area contributed by atoms with Gasteiger partial charge in [0, 0.05) is 0 Å². The van der Waals surface area contributed by atoms with Gasteiger partial charge in [-0.1, -0.05) is 30.3 Å². The molecule has 0 bridgehead atoms. The first-order valence-corrected chi connectivity index (χ1v) is 5.73. The Morgan fingerprint density at radius 2 is 1.88 bits per heavy atom. The molecule has 2 N–H and O–H groups in total. The maximum Gasteiger partial charge on any atom is 0.373 e. The van der Waals surface area contributed by atoms with Crippen molar-refractivity contribution in [3.05, 3.63) is 35.9 Å². The van der Waals surface area contributed by atoms with Crippen molar-refractivity contribution in [3.63, 3.8) is 0 Å².